The predicted molar refractivity (Wildman–Crippen MR) is 85.2 cm³/mol. The van der Waals surface area contributed by atoms with Gasteiger partial charge in [-0.25, -0.2) is 0 Å². The van der Waals surface area contributed by atoms with E-state index in [0.29, 0.717) is 0 Å². The van der Waals surface area contributed by atoms with Crippen LogP contribution in [0.25, 0.3) is 0 Å². The maximum atomic E-state index is 6.01. The predicted octanol–water partition coefficient (Wildman–Crippen LogP) is 2.25. The number of hydrogen-bond acceptors (Lipinski definition) is 3. The third-order valence-corrected chi connectivity index (χ3v) is 4.68. The second kappa shape index (κ2) is 6.15. The van der Waals surface area contributed by atoms with Crippen LogP contribution in [0.1, 0.15) is 31.7 Å². The highest BCUT2D eigenvalue weighted by Gasteiger charge is 2.29. The normalized spacial score (nSPS) is 25.3. The molecule has 1 aromatic rings. The van der Waals surface area contributed by atoms with Crippen LogP contribution in [0.2, 0.25) is 0 Å². The average molecular weight is 273 g/mol. The first-order valence-electron chi connectivity index (χ1n) is 8.06. The molecule has 2 fully saturated rings. The molecule has 3 rings (SSSR count). The lowest BCUT2D eigenvalue weighted by molar-refractivity contribution is 0.273. The van der Waals surface area contributed by atoms with Crippen LogP contribution in [-0.4, -0.2) is 43.2 Å². The number of nitrogens with two attached hydrogens (primary N) is 1. The molecule has 1 aromatic carbocycles. The Morgan fingerprint density at radius 2 is 2.00 bits per heavy atom. The molecule has 2 unspecified atom stereocenters. The Balaban J connectivity index is 1.80. The first-order chi connectivity index (χ1) is 9.74. The molecular formula is C17H27N3. The summed E-state index contributed by atoms with van der Waals surface area (Å²) in [5.41, 5.74) is 8.84. The van der Waals surface area contributed by atoms with Gasteiger partial charge in [0.25, 0.3) is 0 Å². The molecule has 0 bridgehead atoms. The van der Waals surface area contributed by atoms with E-state index < -0.39 is 0 Å². The van der Waals surface area contributed by atoms with Crippen molar-refractivity contribution in [2.75, 3.05) is 31.1 Å². The Kier molecular flexibility index (Phi) is 4.27. The molecule has 20 heavy (non-hydrogen) atoms. The van der Waals surface area contributed by atoms with Gasteiger partial charge in [0, 0.05) is 37.4 Å². The highest BCUT2D eigenvalue weighted by molar-refractivity contribution is 5.54. The summed E-state index contributed by atoms with van der Waals surface area (Å²) < 4.78 is 0. The molecule has 0 saturated carbocycles. The third-order valence-electron chi connectivity index (χ3n) is 4.68. The van der Waals surface area contributed by atoms with Gasteiger partial charge in [-0.05, 0) is 50.8 Å². The monoisotopic (exact) mass is 273 g/mol. The minimum absolute atomic E-state index is 0.228. The second-order valence-electron chi connectivity index (χ2n) is 6.44. The Bertz CT molecular complexity index is 444. The summed E-state index contributed by atoms with van der Waals surface area (Å²) in [5, 5.41) is 0. The fourth-order valence-electron chi connectivity index (χ4n) is 3.76. The van der Waals surface area contributed by atoms with Crippen LogP contribution < -0.4 is 10.6 Å². The van der Waals surface area contributed by atoms with Gasteiger partial charge in [-0.15, -0.1) is 0 Å². The molecule has 110 valence electrons. The topological polar surface area (TPSA) is 32.5 Å². The zero-order valence-electron chi connectivity index (χ0n) is 12.6. The van der Waals surface area contributed by atoms with Gasteiger partial charge < -0.3 is 10.6 Å². The molecule has 0 aromatic heterocycles. The molecule has 0 spiro atoms. The van der Waals surface area contributed by atoms with E-state index in [1.165, 1.54) is 56.7 Å². The van der Waals surface area contributed by atoms with Gasteiger partial charge in [-0.1, -0.05) is 18.2 Å². The Morgan fingerprint density at radius 3 is 2.85 bits per heavy atom. The minimum Gasteiger partial charge on any atom is -0.370 e. The number of hydrogen-bond donors (Lipinski definition) is 1. The van der Waals surface area contributed by atoms with E-state index in [9.17, 15) is 0 Å². The third kappa shape index (κ3) is 2.99. The van der Waals surface area contributed by atoms with Crippen molar-refractivity contribution >= 4 is 5.69 Å². The van der Waals surface area contributed by atoms with Crippen LogP contribution in [0.15, 0.2) is 24.3 Å². The Hall–Kier alpha value is -1.06. The van der Waals surface area contributed by atoms with Gasteiger partial charge >= 0.3 is 0 Å². The van der Waals surface area contributed by atoms with Crippen LogP contribution in [0.4, 0.5) is 5.69 Å². The minimum atomic E-state index is 0.228. The maximum absolute atomic E-state index is 6.01. The molecular weight excluding hydrogens is 246 g/mol. The summed E-state index contributed by atoms with van der Waals surface area (Å²) in [6.07, 6.45) is 5.00. The van der Waals surface area contributed by atoms with E-state index in [1.807, 2.05) is 0 Å². The highest BCUT2D eigenvalue weighted by Crippen LogP contribution is 2.27. The zero-order chi connectivity index (χ0) is 13.9. The smallest absolute Gasteiger partial charge is 0.0399 e. The van der Waals surface area contributed by atoms with E-state index >= 15 is 0 Å². The molecule has 2 heterocycles. The highest BCUT2D eigenvalue weighted by atomic mass is 15.3. The first kappa shape index (κ1) is 13.9. The average Bonchev–Trinajstić information content (AvgIpc) is 2.76. The van der Waals surface area contributed by atoms with Crippen molar-refractivity contribution in [2.45, 2.75) is 44.7 Å². The number of benzene rings is 1. The second-order valence-corrected chi connectivity index (χ2v) is 6.44. The van der Waals surface area contributed by atoms with Gasteiger partial charge in [0.1, 0.15) is 0 Å². The number of fused-ring (bicyclic) bond motifs is 1. The Morgan fingerprint density at radius 1 is 1.20 bits per heavy atom. The zero-order valence-corrected chi connectivity index (χ0v) is 12.6. The lowest BCUT2D eigenvalue weighted by Gasteiger charge is -2.29. The lowest BCUT2D eigenvalue weighted by Crippen LogP contribution is -2.37. The van der Waals surface area contributed by atoms with Crippen LogP contribution in [0.5, 0.6) is 0 Å². The molecule has 0 amide bonds. The van der Waals surface area contributed by atoms with Gasteiger partial charge in [-0.2, -0.15) is 0 Å². The van der Waals surface area contributed by atoms with Crippen molar-refractivity contribution in [1.29, 1.82) is 0 Å². The molecule has 2 saturated heterocycles. The summed E-state index contributed by atoms with van der Waals surface area (Å²) in [5.74, 6) is 0. The van der Waals surface area contributed by atoms with E-state index in [2.05, 4.69) is 41.0 Å². The van der Waals surface area contributed by atoms with Crippen LogP contribution in [0.3, 0.4) is 0 Å². The van der Waals surface area contributed by atoms with Crippen molar-refractivity contribution < 1.29 is 0 Å². The number of anilines is 1. The summed E-state index contributed by atoms with van der Waals surface area (Å²) in [4.78, 5) is 5.29. The largest absolute Gasteiger partial charge is 0.370 e. The molecule has 0 radical (unpaired) electrons. The fourth-order valence-corrected chi connectivity index (χ4v) is 3.76. The summed E-state index contributed by atoms with van der Waals surface area (Å²) >= 11 is 0. The molecule has 0 aliphatic carbocycles. The van der Waals surface area contributed by atoms with Crippen molar-refractivity contribution in [2.24, 2.45) is 5.73 Å². The molecule has 2 atom stereocenters. The standard InChI is InChI=1S/C17H27N3/c1-14(18)12-15-6-2-3-8-17(15)20-11-5-10-19-9-4-7-16(19)13-20/h2-3,6,8,14,16H,4-5,7,9-13,18H2,1H3. The molecule has 3 nitrogen and oxygen atoms in total. The number of para-hydroxylation sites is 1. The quantitative estimate of drug-likeness (QED) is 0.917. The number of nitrogens with zero attached hydrogens (tertiary/aromatic N) is 2. The van der Waals surface area contributed by atoms with Crippen molar-refractivity contribution in [1.82, 2.24) is 4.90 Å². The summed E-state index contributed by atoms with van der Waals surface area (Å²) in [7, 11) is 0. The molecule has 2 aliphatic heterocycles. The fraction of sp³-hybridized carbons (Fsp3) is 0.647. The lowest BCUT2D eigenvalue weighted by atomic mass is 10.0. The van der Waals surface area contributed by atoms with E-state index in [-0.39, 0.29) is 6.04 Å². The van der Waals surface area contributed by atoms with Crippen molar-refractivity contribution in [3.8, 4) is 0 Å². The van der Waals surface area contributed by atoms with Gasteiger partial charge in [0.2, 0.25) is 0 Å². The maximum Gasteiger partial charge on any atom is 0.0399 e. The molecule has 3 heteroatoms. The van der Waals surface area contributed by atoms with E-state index in [4.69, 9.17) is 5.73 Å². The van der Waals surface area contributed by atoms with Crippen molar-refractivity contribution in [3.05, 3.63) is 29.8 Å². The Labute approximate surface area is 122 Å². The summed E-state index contributed by atoms with van der Waals surface area (Å²) in [6, 6.07) is 9.82. The number of rotatable bonds is 3. The van der Waals surface area contributed by atoms with Crippen molar-refractivity contribution in [3.63, 3.8) is 0 Å². The molecule has 2 aliphatic rings. The van der Waals surface area contributed by atoms with Gasteiger partial charge in [0.15, 0.2) is 0 Å². The van der Waals surface area contributed by atoms with E-state index in [0.717, 1.165) is 12.5 Å². The SMILES string of the molecule is CC(N)Cc1ccccc1N1CCCN2CCCC2C1. The molecule has 2 N–H and O–H groups in total. The van der Waals surface area contributed by atoms with E-state index in [1.54, 1.807) is 0 Å². The van der Waals surface area contributed by atoms with Crippen LogP contribution >= 0.6 is 0 Å². The van der Waals surface area contributed by atoms with Gasteiger partial charge in [0.05, 0.1) is 0 Å². The van der Waals surface area contributed by atoms with Gasteiger partial charge in [-0.3, -0.25) is 4.90 Å². The van der Waals surface area contributed by atoms with Crippen LogP contribution in [0, 0.1) is 0 Å². The summed E-state index contributed by atoms with van der Waals surface area (Å²) in [6.45, 7) is 7.05. The van der Waals surface area contributed by atoms with Crippen LogP contribution in [-0.2, 0) is 6.42 Å². The first-order valence-corrected chi connectivity index (χ1v) is 8.06.